The number of unbranched alkanes of at least 4 members (excludes halogenated alkanes) is 2. The smallest absolute Gasteiger partial charge is 0 e. The van der Waals surface area contributed by atoms with Gasteiger partial charge in [-0.25, -0.2) is 0 Å². The van der Waals surface area contributed by atoms with Gasteiger partial charge in [0.05, 0.1) is 0 Å². The van der Waals surface area contributed by atoms with Crippen molar-refractivity contribution in [3.05, 3.63) is 12.7 Å². The summed E-state index contributed by atoms with van der Waals surface area (Å²) in [6.07, 6.45) is 5.72. The van der Waals surface area contributed by atoms with Crippen molar-refractivity contribution in [2.45, 2.75) is 26.2 Å². The molecule has 3 heteroatoms. The Morgan fingerprint density at radius 1 is 1.33 bits per heavy atom. The van der Waals surface area contributed by atoms with Crippen LogP contribution in [0.2, 0.25) is 0 Å². The van der Waals surface area contributed by atoms with E-state index in [1.54, 1.807) is 0 Å². The van der Waals surface area contributed by atoms with Crippen molar-refractivity contribution in [3.63, 3.8) is 0 Å². The average Bonchev–Trinajstić information content (AvgIpc) is 1.61. The second-order valence-electron chi connectivity index (χ2n) is 1.43. The van der Waals surface area contributed by atoms with Crippen LogP contribution in [-0.2, 0) is 25.8 Å². The molecule has 0 atom stereocenters. The van der Waals surface area contributed by atoms with E-state index in [0.29, 0.717) is 0 Å². The molecule has 0 rings (SSSR count). The normalized spacial score (nSPS) is 5.44. The molecule has 0 fully saturated rings. The maximum absolute atomic E-state index is 3.60. The van der Waals surface area contributed by atoms with Gasteiger partial charge >= 0.3 is 0 Å². The van der Waals surface area contributed by atoms with Gasteiger partial charge in [-0.15, -0.1) is 6.58 Å². The fourth-order valence-electron chi connectivity index (χ4n) is 0.348. The maximum Gasteiger partial charge on any atom is 0 e. The molecule has 0 aliphatic carbocycles. The van der Waals surface area contributed by atoms with Crippen LogP contribution in [0.4, 0.5) is 0 Å². The second kappa shape index (κ2) is 22.9. The zero-order chi connectivity index (χ0) is 4.83. The number of allylic oxidation sites excluding steroid dienone is 1. The topological polar surface area (TPSA) is 0 Å². The first kappa shape index (κ1) is 22.5. The molecule has 0 aromatic rings. The molecular weight excluding hydrogens is 321 g/mol. The quantitative estimate of drug-likeness (QED) is 0.284. The minimum atomic E-state index is 0. The average molecular weight is 334 g/mol. The van der Waals surface area contributed by atoms with E-state index in [4.69, 9.17) is 0 Å². The second-order valence-corrected chi connectivity index (χ2v) is 1.43. The molecule has 0 saturated carbocycles. The Kier molecular flexibility index (Phi) is 57.1. The molecule has 0 nitrogen and oxygen atoms in total. The number of hydrogen-bond donors (Lipinski definition) is 0. The first-order valence-electron chi connectivity index (χ1n) is 2.52. The summed E-state index contributed by atoms with van der Waals surface area (Å²) < 4.78 is 0. The zero-order valence-electron chi connectivity index (χ0n) is 5.66. The molecule has 0 unspecified atom stereocenters. The number of hydrogen-bond acceptors (Lipinski definition) is 0. The molecule has 0 aliphatic heterocycles. The van der Waals surface area contributed by atoms with Crippen LogP contribution in [0, 0.1) is 0 Å². The summed E-state index contributed by atoms with van der Waals surface area (Å²) in [4.78, 5) is 0. The third-order valence-corrected chi connectivity index (χ3v) is 0.762. The van der Waals surface area contributed by atoms with E-state index in [0.717, 1.165) is 0 Å². The minimum Gasteiger partial charge on any atom is -1.00 e. The minimum absolute atomic E-state index is 0. The van der Waals surface area contributed by atoms with E-state index < -0.39 is 0 Å². The van der Waals surface area contributed by atoms with E-state index in [2.05, 4.69) is 13.5 Å². The van der Waals surface area contributed by atoms with E-state index >= 15 is 0 Å². The predicted molar refractivity (Wildman–Crippen MR) is 29.7 cm³/mol. The Hall–Kier alpha value is 1.19. The van der Waals surface area contributed by atoms with E-state index in [-0.39, 0.29) is 50.7 Å². The van der Waals surface area contributed by atoms with Crippen molar-refractivity contribution in [3.8, 4) is 0 Å². The van der Waals surface area contributed by atoms with Gasteiger partial charge in [0.2, 0.25) is 0 Å². The van der Waals surface area contributed by atoms with Gasteiger partial charge < -0.3 is 24.8 Å². The number of halogens is 2. The van der Waals surface area contributed by atoms with E-state index in [1.807, 2.05) is 6.08 Å². The Morgan fingerprint density at radius 2 is 1.78 bits per heavy atom. The van der Waals surface area contributed by atoms with E-state index in [9.17, 15) is 0 Å². The van der Waals surface area contributed by atoms with Gasteiger partial charge in [0.25, 0.3) is 0 Å². The monoisotopic (exact) mass is 334 g/mol. The molecule has 0 spiro atoms. The Balaban J connectivity index is -0.0000000417. The molecule has 0 radical (unpaired) electrons. The van der Waals surface area contributed by atoms with Crippen molar-refractivity contribution in [1.29, 1.82) is 0 Å². The van der Waals surface area contributed by atoms with Crippen molar-refractivity contribution in [2.75, 3.05) is 0 Å². The van der Waals surface area contributed by atoms with Gasteiger partial charge in [0.15, 0.2) is 0 Å². The van der Waals surface area contributed by atoms with Crippen LogP contribution in [0.5, 0.6) is 0 Å². The van der Waals surface area contributed by atoms with Gasteiger partial charge in [-0.3, -0.25) is 0 Å². The van der Waals surface area contributed by atoms with Crippen molar-refractivity contribution in [2.24, 2.45) is 0 Å². The summed E-state index contributed by atoms with van der Waals surface area (Å²) in [6, 6.07) is 0. The molecule has 0 bridgehead atoms. The van der Waals surface area contributed by atoms with Gasteiger partial charge in [0.1, 0.15) is 0 Å². The van der Waals surface area contributed by atoms with Crippen molar-refractivity contribution in [1.82, 2.24) is 0 Å². The summed E-state index contributed by atoms with van der Waals surface area (Å²) >= 11 is 0. The molecular formula is C6H12Cl2Hf-2. The number of rotatable bonds is 3. The van der Waals surface area contributed by atoms with Gasteiger partial charge in [-0.2, -0.15) is 0 Å². The molecule has 0 aromatic carbocycles. The standard InChI is InChI=1S/C6H12.2ClH.Hf/c1-3-5-6-4-2;;;/h3H,1,4-6H2,2H3;2*1H;/p-2. The molecule has 0 aliphatic rings. The summed E-state index contributed by atoms with van der Waals surface area (Å²) in [5.74, 6) is 0. The van der Waals surface area contributed by atoms with E-state index in [1.165, 1.54) is 19.3 Å². The van der Waals surface area contributed by atoms with Crippen molar-refractivity contribution >= 4 is 0 Å². The summed E-state index contributed by atoms with van der Waals surface area (Å²) in [7, 11) is 0. The Morgan fingerprint density at radius 3 is 1.89 bits per heavy atom. The summed E-state index contributed by atoms with van der Waals surface area (Å²) in [5, 5.41) is 0. The van der Waals surface area contributed by atoms with Crippen LogP contribution in [0.3, 0.4) is 0 Å². The molecule has 9 heavy (non-hydrogen) atoms. The fourth-order valence-corrected chi connectivity index (χ4v) is 0.348. The van der Waals surface area contributed by atoms with Gasteiger partial charge in [-0.05, 0) is 6.42 Å². The Bertz CT molecular complexity index is 40.0. The zero-order valence-corrected chi connectivity index (χ0v) is 10.8. The molecule has 0 aromatic heterocycles. The summed E-state index contributed by atoms with van der Waals surface area (Å²) in [5.41, 5.74) is 0. The molecule has 0 amide bonds. The first-order valence-corrected chi connectivity index (χ1v) is 2.52. The van der Waals surface area contributed by atoms with Crippen LogP contribution in [-0.4, -0.2) is 0 Å². The maximum atomic E-state index is 3.60. The van der Waals surface area contributed by atoms with Crippen LogP contribution < -0.4 is 24.8 Å². The van der Waals surface area contributed by atoms with Crippen LogP contribution in [0.25, 0.3) is 0 Å². The molecule has 0 N–H and O–H groups in total. The van der Waals surface area contributed by atoms with Crippen LogP contribution in [0.15, 0.2) is 12.7 Å². The summed E-state index contributed by atoms with van der Waals surface area (Å²) in [6.45, 7) is 5.78. The predicted octanol–water partition coefficient (Wildman–Crippen LogP) is -3.63. The third kappa shape index (κ3) is 27.1. The van der Waals surface area contributed by atoms with Crippen molar-refractivity contribution < 1.29 is 50.7 Å². The van der Waals surface area contributed by atoms with Gasteiger partial charge in [-0.1, -0.05) is 25.8 Å². The molecule has 0 saturated heterocycles. The largest absolute Gasteiger partial charge is 1.00 e. The van der Waals surface area contributed by atoms with Gasteiger partial charge in [0, 0.05) is 25.8 Å². The molecule has 0 heterocycles. The Labute approximate surface area is 89.1 Å². The molecule has 56 valence electrons. The van der Waals surface area contributed by atoms with Crippen LogP contribution >= 0.6 is 0 Å². The fraction of sp³-hybridized carbons (Fsp3) is 0.667. The third-order valence-electron chi connectivity index (χ3n) is 0.762. The van der Waals surface area contributed by atoms with Crippen LogP contribution in [0.1, 0.15) is 26.2 Å². The first-order chi connectivity index (χ1) is 2.91. The SMILES string of the molecule is C=CCCCC.[Cl-].[Cl-].[Hf].